The molecule has 0 aliphatic carbocycles. The van der Waals surface area contributed by atoms with Gasteiger partial charge in [0.1, 0.15) is 0 Å². The van der Waals surface area contributed by atoms with Gasteiger partial charge in [0, 0.05) is 46.5 Å². The summed E-state index contributed by atoms with van der Waals surface area (Å²) in [6, 6.07) is 63.6. The molecule has 0 amide bonds. The molecule has 0 bridgehead atoms. The van der Waals surface area contributed by atoms with Gasteiger partial charge >= 0.3 is 0 Å². The van der Waals surface area contributed by atoms with Crippen molar-refractivity contribution in [2.24, 2.45) is 0 Å². The third-order valence-electron chi connectivity index (χ3n) is 9.81. The first-order valence-electron chi connectivity index (χ1n) is 18.9. The van der Waals surface area contributed by atoms with Gasteiger partial charge < -0.3 is 9.80 Å². The standard InChI is InChI=1S/C52H42N4/c1-39-13-9-11-19-51(39)55(45-15-5-3-6-16-45)47-29-25-41(26-30-47)21-23-43-33-35-53-49(37-43)50-38-44(34-36-54-50)24-22-42-27-31-48(32-28-42)56(46-17-7-4-8-18-46)52-20-12-10-14-40(52)2/h3-38H,1-2H3/b23-21+,24-22+. The van der Waals surface area contributed by atoms with Crippen molar-refractivity contribution < 1.29 is 0 Å². The number of aromatic nitrogens is 2. The second-order valence-corrected chi connectivity index (χ2v) is 13.7. The van der Waals surface area contributed by atoms with Gasteiger partial charge in [0.2, 0.25) is 0 Å². The summed E-state index contributed by atoms with van der Waals surface area (Å²) in [6.07, 6.45) is 12.2. The SMILES string of the molecule is Cc1ccccc1N(c1ccccc1)c1ccc(/C=C/c2ccnc(-c3cc(/C=C/c4ccc(N(c5ccccc5)c5ccccc5C)cc4)ccn3)c2)cc1. The molecule has 0 atom stereocenters. The highest BCUT2D eigenvalue weighted by molar-refractivity contribution is 5.81. The smallest absolute Gasteiger partial charge is 0.0892 e. The Hall–Kier alpha value is -7.30. The van der Waals surface area contributed by atoms with Crippen LogP contribution in [0.15, 0.2) is 194 Å². The Morgan fingerprint density at radius 1 is 0.339 bits per heavy atom. The highest BCUT2D eigenvalue weighted by Gasteiger charge is 2.15. The van der Waals surface area contributed by atoms with Gasteiger partial charge in [-0.1, -0.05) is 121 Å². The van der Waals surface area contributed by atoms with Crippen LogP contribution in [0.2, 0.25) is 0 Å². The largest absolute Gasteiger partial charge is 0.310 e. The Morgan fingerprint density at radius 2 is 0.679 bits per heavy atom. The Balaban J connectivity index is 0.971. The minimum atomic E-state index is 0.830. The lowest BCUT2D eigenvalue weighted by molar-refractivity contribution is 1.24. The number of para-hydroxylation sites is 4. The third-order valence-corrected chi connectivity index (χ3v) is 9.81. The van der Waals surface area contributed by atoms with E-state index in [0.29, 0.717) is 0 Å². The molecular weight excluding hydrogens is 681 g/mol. The highest BCUT2D eigenvalue weighted by Crippen LogP contribution is 2.38. The van der Waals surface area contributed by atoms with Crippen LogP contribution in [0.5, 0.6) is 0 Å². The fourth-order valence-electron chi connectivity index (χ4n) is 6.87. The molecular formula is C52H42N4. The van der Waals surface area contributed by atoms with Crippen LogP contribution < -0.4 is 9.80 Å². The summed E-state index contributed by atoms with van der Waals surface area (Å²) < 4.78 is 0. The molecule has 4 heteroatoms. The number of pyridine rings is 2. The molecule has 56 heavy (non-hydrogen) atoms. The predicted molar refractivity (Wildman–Crippen MR) is 237 cm³/mol. The van der Waals surface area contributed by atoms with Crippen LogP contribution >= 0.6 is 0 Å². The van der Waals surface area contributed by atoms with Crippen molar-refractivity contribution >= 4 is 58.4 Å². The molecule has 8 rings (SSSR count). The van der Waals surface area contributed by atoms with Crippen LogP contribution in [0.4, 0.5) is 34.1 Å². The van der Waals surface area contributed by atoms with Gasteiger partial charge in [-0.25, -0.2) is 0 Å². The fourth-order valence-corrected chi connectivity index (χ4v) is 6.87. The monoisotopic (exact) mass is 722 g/mol. The van der Waals surface area contributed by atoms with Gasteiger partial charge in [0.05, 0.1) is 11.4 Å². The first kappa shape index (κ1) is 35.7. The fraction of sp³-hybridized carbons (Fsp3) is 0.0385. The topological polar surface area (TPSA) is 32.3 Å². The van der Waals surface area contributed by atoms with Crippen LogP contribution in [0.1, 0.15) is 33.4 Å². The normalized spacial score (nSPS) is 11.2. The van der Waals surface area contributed by atoms with Crippen molar-refractivity contribution in [2.45, 2.75) is 13.8 Å². The highest BCUT2D eigenvalue weighted by atomic mass is 15.1. The zero-order valence-corrected chi connectivity index (χ0v) is 31.6. The molecule has 0 saturated carbocycles. The summed E-state index contributed by atoms with van der Waals surface area (Å²) in [5.74, 6) is 0. The second kappa shape index (κ2) is 16.8. The van der Waals surface area contributed by atoms with E-state index >= 15 is 0 Å². The molecule has 0 fully saturated rings. The van der Waals surface area contributed by atoms with Gasteiger partial charge in [0.25, 0.3) is 0 Å². The van der Waals surface area contributed by atoms with E-state index in [0.717, 1.165) is 56.4 Å². The van der Waals surface area contributed by atoms with Crippen LogP contribution in [-0.4, -0.2) is 9.97 Å². The second-order valence-electron chi connectivity index (χ2n) is 13.7. The Kier molecular flexibility index (Phi) is 10.7. The molecule has 2 heterocycles. The first-order chi connectivity index (χ1) is 27.6. The van der Waals surface area contributed by atoms with Crippen LogP contribution in [-0.2, 0) is 0 Å². The summed E-state index contributed by atoms with van der Waals surface area (Å²) >= 11 is 0. The van der Waals surface area contributed by atoms with Gasteiger partial charge in [-0.2, -0.15) is 0 Å². The number of anilines is 6. The van der Waals surface area contributed by atoms with Crippen molar-refractivity contribution in [2.75, 3.05) is 9.80 Å². The maximum Gasteiger partial charge on any atom is 0.0892 e. The first-order valence-corrected chi connectivity index (χ1v) is 18.9. The van der Waals surface area contributed by atoms with E-state index in [1.165, 1.54) is 22.5 Å². The van der Waals surface area contributed by atoms with E-state index in [9.17, 15) is 0 Å². The quantitative estimate of drug-likeness (QED) is 0.133. The molecule has 8 aromatic rings. The summed E-state index contributed by atoms with van der Waals surface area (Å²) in [7, 11) is 0. The Bertz CT molecular complexity index is 2410. The van der Waals surface area contributed by atoms with Gasteiger partial charge in [-0.3, -0.25) is 9.97 Å². The summed E-state index contributed by atoms with van der Waals surface area (Å²) in [6.45, 7) is 4.31. The number of aryl methyl sites for hydroxylation is 2. The predicted octanol–water partition coefficient (Wildman–Crippen LogP) is 14.0. The van der Waals surface area contributed by atoms with E-state index in [4.69, 9.17) is 0 Å². The maximum absolute atomic E-state index is 4.67. The lowest BCUT2D eigenvalue weighted by atomic mass is 10.1. The number of nitrogens with zero attached hydrogens (tertiary/aromatic N) is 4. The Labute approximate surface area is 330 Å². The van der Waals surface area contributed by atoms with Gasteiger partial charge in [-0.15, -0.1) is 0 Å². The van der Waals surface area contributed by atoms with Crippen molar-refractivity contribution in [3.63, 3.8) is 0 Å². The average Bonchev–Trinajstić information content (AvgIpc) is 3.26. The molecule has 0 N–H and O–H groups in total. The molecule has 0 aliphatic heterocycles. The van der Waals surface area contributed by atoms with Crippen molar-refractivity contribution in [3.05, 3.63) is 228 Å². The zero-order chi connectivity index (χ0) is 38.1. The molecule has 0 unspecified atom stereocenters. The van der Waals surface area contributed by atoms with E-state index < -0.39 is 0 Å². The average molecular weight is 723 g/mol. The minimum Gasteiger partial charge on any atom is -0.310 e. The van der Waals surface area contributed by atoms with E-state index in [1.807, 2.05) is 24.5 Å². The molecule has 4 nitrogen and oxygen atoms in total. The van der Waals surface area contributed by atoms with E-state index in [1.54, 1.807) is 0 Å². The molecule has 0 spiro atoms. The maximum atomic E-state index is 4.67. The third kappa shape index (κ3) is 8.25. The zero-order valence-electron chi connectivity index (χ0n) is 31.6. The number of benzene rings is 6. The molecule has 270 valence electrons. The number of rotatable bonds is 11. The van der Waals surface area contributed by atoms with Crippen LogP contribution in [0.25, 0.3) is 35.7 Å². The van der Waals surface area contributed by atoms with Gasteiger partial charge in [0.15, 0.2) is 0 Å². The van der Waals surface area contributed by atoms with E-state index in [-0.39, 0.29) is 0 Å². The minimum absolute atomic E-state index is 0.830. The molecule has 0 aliphatic rings. The van der Waals surface area contributed by atoms with Gasteiger partial charge in [-0.05, 0) is 132 Å². The number of hydrogen-bond donors (Lipinski definition) is 0. The molecule has 6 aromatic carbocycles. The van der Waals surface area contributed by atoms with Crippen LogP contribution in [0.3, 0.4) is 0 Å². The lowest BCUT2D eigenvalue weighted by Gasteiger charge is -2.27. The Morgan fingerprint density at radius 3 is 1.07 bits per heavy atom. The molecule has 2 aromatic heterocycles. The van der Waals surface area contributed by atoms with E-state index in [2.05, 4.69) is 228 Å². The summed E-state index contributed by atoms with van der Waals surface area (Å²) in [4.78, 5) is 13.9. The van der Waals surface area contributed by atoms with Crippen molar-refractivity contribution in [1.29, 1.82) is 0 Å². The summed E-state index contributed by atoms with van der Waals surface area (Å²) in [5.41, 5.74) is 15.3. The number of hydrogen-bond acceptors (Lipinski definition) is 4. The van der Waals surface area contributed by atoms with Crippen LogP contribution in [0, 0.1) is 13.8 Å². The van der Waals surface area contributed by atoms with Crippen molar-refractivity contribution in [3.8, 4) is 11.4 Å². The molecule has 0 saturated heterocycles. The van der Waals surface area contributed by atoms with Crippen molar-refractivity contribution in [1.82, 2.24) is 9.97 Å². The lowest BCUT2D eigenvalue weighted by Crippen LogP contribution is -2.11. The summed E-state index contributed by atoms with van der Waals surface area (Å²) in [5, 5.41) is 0. The molecule has 0 radical (unpaired) electrons.